The third kappa shape index (κ3) is 9.65. The third-order valence-electron chi connectivity index (χ3n) is 5.27. The predicted octanol–water partition coefficient (Wildman–Crippen LogP) is 6.96. The SMILES string of the molecule is CCCCCCCCCCC(=O)NN=C(C)c1ccc(NC(=O)c2ccc(Cl)cc2)cc1. The first-order valence-electron chi connectivity index (χ1n) is 11.5. The van der Waals surface area contributed by atoms with E-state index in [9.17, 15) is 9.59 Å². The minimum Gasteiger partial charge on any atom is -0.322 e. The van der Waals surface area contributed by atoms with Crippen molar-refractivity contribution in [2.24, 2.45) is 5.10 Å². The number of amides is 2. The Morgan fingerprint density at radius 1 is 0.812 bits per heavy atom. The highest BCUT2D eigenvalue weighted by Crippen LogP contribution is 2.14. The van der Waals surface area contributed by atoms with Gasteiger partial charge in [-0.2, -0.15) is 5.10 Å². The van der Waals surface area contributed by atoms with Crippen molar-refractivity contribution < 1.29 is 9.59 Å². The first-order valence-corrected chi connectivity index (χ1v) is 11.9. The number of hydrazone groups is 1. The van der Waals surface area contributed by atoms with E-state index in [0.29, 0.717) is 28.4 Å². The van der Waals surface area contributed by atoms with Crippen LogP contribution in [0, 0.1) is 0 Å². The summed E-state index contributed by atoms with van der Waals surface area (Å²) in [5, 5.41) is 7.65. The first-order chi connectivity index (χ1) is 15.5. The van der Waals surface area contributed by atoms with Crippen molar-refractivity contribution in [1.82, 2.24) is 5.43 Å². The summed E-state index contributed by atoms with van der Waals surface area (Å²) in [6, 6.07) is 14.1. The van der Waals surface area contributed by atoms with Crippen molar-refractivity contribution >= 4 is 34.8 Å². The van der Waals surface area contributed by atoms with Gasteiger partial charge in [-0.25, -0.2) is 5.43 Å². The van der Waals surface area contributed by atoms with Crippen LogP contribution < -0.4 is 10.7 Å². The average Bonchev–Trinajstić information content (AvgIpc) is 2.80. The predicted molar refractivity (Wildman–Crippen MR) is 133 cm³/mol. The number of halogens is 1. The van der Waals surface area contributed by atoms with E-state index in [4.69, 9.17) is 11.6 Å². The fourth-order valence-corrected chi connectivity index (χ4v) is 3.41. The van der Waals surface area contributed by atoms with E-state index in [1.54, 1.807) is 24.3 Å². The Morgan fingerprint density at radius 3 is 2.00 bits per heavy atom. The molecule has 0 fully saturated rings. The molecule has 2 aromatic carbocycles. The van der Waals surface area contributed by atoms with Crippen molar-refractivity contribution in [3.8, 4) is 0 Å². The van der Waals surface area contributed by atoms with Crippen molar-refractivity contribution in [2.45, 2.75) is 71.6 Å². The lowest BCUT2D eigenvalue weighted by Crippen LogP contribution is -2.18. The largest absolute Gasteiger partial charge is 0.322 e. The maximum absolute atomic E-state index is 12.3. The molecule has 5 nitrogen and oxygen atoms in total. The van der Waals surface area contributed by atoms with E-state index in [0.717, 1.165) is 18.4 Å². The molecule has 2 aromatic rings. The lowest BCUT2D eigenvalue weighted by molar-refractivity contribution is -0.121. The molecule has 0 spiro atoms. The number of nitrogens with zero attached hydrogens (tertiary/aromatic N) is 1. The maximum Gasteiger partial charge on any atom is 0.255 e. The van der Waals surface area contributed by atoms with E-state index >= 15 is 0 Å². The molecule has 172 valence electrons. The zero-order chi connectivity index (χ0) is 23.2. The zero-order valence-electron chi connectivity index (χ0n) is 19.1. The van der Waals surface area contributed by atoms with Crippen LogP contribution in [0.5, 0.6) is 0 Å². The van der Waals surface area contributed by atoms with Gasteiger partial charge in [0, 0.05) is 22.7 Å². The summed E-state index contributed by atoms with van der Waals surface area (Å²) in [7, 11) is 0. The fraction of sp³-hybridized carbons (Fsp3) is 0.423. The first kappa shape index (κ1) is 25.6. The lowest BCUT2D eigenvalue weighted by atomic mass is 10.1. The standard InChI is InChI=1S/C26H34ClN3O2/c1-3-4-5-6-7-8-9-10-11-25(31)30-29-20(2)21-14-18-24(19-15-21)28-26(32)22-12-16-23(27)17-13-22/h12-19H,3-11H2,1-2H3,(H,28,32)(H,30,31). The number of carbonyl (C=O) groups excluding carboxylic acids is 2. The van der Waals surface area contributed by atoms with Crippen LogP contribution in [0.15, 0.2) is 53.6 Å². The summed E-state index contributed by atoms with van der Waals surface area (Å²) < 4.78 is 0. The highest BCUT2D eigenvalue weighted by molar-refractivity contribution is 6.30. The van der Waals surface area contributed by atoms with Crippen LogP contribution in [0.1, 0.15) is 87.6 Å². The van der Waals surface area contributed by atoms with Crippen LogP contribution in [-0.4, -0.2) is 17.5 Å². The van der Waals surface area contributed by atoms with Crippen LogP contribution in [0.2, 0.25) is 5.02 Å². The summed E-state index contributed by atoms with van der Waals surface area (Å²) in [4.78, 5) is 24.3. The summed E-state index contributed by atoms with van der Waals surface area (Å²) >= 11 is 5.86. The number of carbonyl (C=O) groups is 2. The number of nitrogens with one attached hydrogen (secondary N) is 2. The van der Waals surface area contributed by atoms with Crippen molar-refractivity contribution in [3.05, 3.63) is 64.7 Å². The lowest BCUT2D eigenvalue weighted by Gasteiger charge is -2.07. The van der Waals surface area contributed by atoms with Crippen LogP contribution in [0.4, 0.5) is 5.69 Å². The van der Waals surface area contributed by atoms with Gasteiger partial charge in [-0.1, -0.05) is 75.6 Å². The van der Waals surface area contributed by atoms with Crippen molar-refractivity contribution in [1.29, 1.82) is 0 Å². The number of benzene rings is 2. The number of hydrogen-bond donors (Lipinski definition) is 2. The van der Waals surface area contributed by atoms with E-state index in [2.05, 4.69) is 22.8 Å². The monoisotopic (exact) mass is 455 g/mol. The number of anilines is 1. The molecule has 2 rings (SSSR count). The summed E-state index contributed by atoms with van der Waals surface area (Å²) in [6.45, 7) is 4.07. The molecule has 0 atom stereocenters. The molecule has 0 aliphatic rings. The zero-order valence-corrected chi connectivity index (χ0v) is 19.9. The van der Waals surface area contributed by atoms with Crippen LogP contribution in [-0.2, 0) is 4.79 Å². The number of unbranched alkanes of at least 4 members (excludes halogenated alkanes) is 7. The molecule has 0 saturated carbocycles. The topological polar surface area (TPSA) is 70.6 Å². The molecule has 0 aliphatic carbocycles. The average molecular weight is 456 g/mol. The Morgan fingerprint density at radius 2 is 1.38 bits per heavy atom. The molecular formula is C26H34ClN3O2. The molecule has 32 heavy (non-hydrogen) atoms. The Hall–Kier alpha value is -2.66. The van der Waals surface area contributed by atoms with Gasteiger partial charge in [0.25, 0.3) is 5.91 Å². The summed E-state index contributed by atoms with van der Waals surface area (Å²) in [5.41, 5.74) is 5.45. The normalized spacial score (nSPS) is 11.3. The van der Waals surface area contributed by atoms with E-state index in [1.165, 1.54) is 38.5 Å². The van der Waals surface area contributed by atoms with Crippen LogP contribution in [0.3, 0.4) is 0 Å². The van der Waals surface area contributed by atoms with Gasteiger partial charge in [0.1, 0.15) is 0 Å². The van der Waals surface area contributed by atoms with Crippen molar-refractivity contribution in [2.75, 3.05) is 5.32 Å². The Bertz CT molecular complexity index is 877. The third-order valence-corrected chi connectivity index (χ3v) is 5.52. The summed E-state index contributed by atoms with van der Waals surface area (Å²) in [5.74, 6) is -0.254. The molecule has 0 bridgehead atoms. The molecule has 0 saturated heterocycles. The summed E-state index contributed by atoms with van der Waals surface area (Å²) in [6.07, 6.45) is 10.2. The molecule has 0 heterocycles. The Labute approximate surface area is 196 Å². The van der Waals surface area contributed by atoms with Crippen LogP contribution in [0.25, 0.3) is 0 Å². The number of hydrogen-bond acceptors (Lipinski definition) is 3. The second kappa shape index (κ2) is 14.4. The fourth-order valence-electron chi connectivity index (χ4n) is 3.29. The van der Waals surface area contributed by atoms with Gasteiger partial charge in [-0.3, -0.25) is 9.59 Å². The molecule has 2 amide bonds. The van der Waals surface area contributed by atoms with Crippen LogP contribution >= 0.6 is 11.6 Å². The van der Waals surface area contributed by atoms with E-state index in [-0.39, 0.29) is 11.8 Å². The van der Waals surface area contributed by atoms with E-state index in [1.807, 2.05) is 31.2 Å². The molecule has 0 radical (unpaired) electrons. The highest BCUT2D eigenvalue weighted by atomic mass is 35.5. The molecular weight excluding hydrogens is 422 g/mol. The highest BCUT2D eigenvalue weighted by Gasteiger charge is 2.07. The van der Waals surface area contributed by atoms with Gasteiger partial charge in [-0.15, -0.1) is 0 Å². The van der Waals surface area contributed by atoms with Gasteiger partial charge in [0.05, 0.1) is 5.71 Å². The Kier molecular flexibility index (Phi) is 11.5. The number of rotatable bonds is 13. The smallest absolute Gasteiger partial charge is 0.255 e. The van der Waals surface area contributed by atoms with Crippen molar-refractivity contribution in [3.63, 3.8) is 0 Å². The Balaban J connectivity index is 1.72. The van der Waals surface area contributed by atoms with Gasteiger partial charge >= 0.3 is 0 Å². The minimum absolute atomic E-state index is 0.0535. The van der Waals surface area contributed by atoms with Gasteiger partial charge in [0.2, 0.25) is 5.91 Å². The van der Waals surface area contributed by atoms with Gasteiger partial charge < -0.3 is 5.32 Å². The molecule has 0 aromatic heterocycles. The maximum atomic E-state index is 12.3. The van der Waals surface area contributed by atoms with Gasteiger partial charge in [0.15, 0.2) is 0 Å². The molecule has 2 N–H and O–H groups in total. The second-order valence-corrected chi connectivity index (χ2v) is 8.43. The molecule has 0 unspecified atom stereocenters. The minimum atomic E-state index is -0.201. The van der Waals surface area contributed by atoms with Gasteiger partial charge in [-0.05, 0) is 55.3 Å². The molecule has 0 aliphatic heterocycles. The quantitative estimate of drug-likeness (QED) is 0.194. The molecule has 6 heteroatoms. The second-order valence-electron chi connectivity index (χ2n) is 8.00. The van der Waals surface area contributed by atoms with E-state index < -0.39 is 0 Å².